The first kappa shape index (κ1) is 21.2. The summed E-state index contributed by atoms with van der Waals surface area (Å²) >= 11 is 0. The van der Waals surface area contributed by atoms with Crippen LogP contribution in [-0.4, -0.2) is 65.1 Å². The fourth-order valence-corrected chi connectivity index (χ4v) is 4.71. The van der Waals surface area contributed by atoms with Gasteiger partial charge in [-0.05, 0) is 69.2 Å². The Morgan fingerprint density at radius 1 is 0.967 bits per heavy atom. The molecular weight excluding hydrogens is 380 g/mol. The van der Waals surface area contributed by atoms with E-state index in [4.69, 9.17) is 9.84 Å². The molecule has 1 unspecified atom stereocenters. The van der Waals surface area contributed by atoms with Crippen LogP contribution in [0.3, 0.4) is 0 Å². The molecule has 1 saturated carbocycles. The van der Waals surface area contributed by atoms with Crippen LogP contribution in [0, 0.1) is 5.92 Å². The van der Waals surface area contributed by atoms with Crippen molar-refractivity contribution in [3.8, 4) is 5.75 Å². The molecule has 2 amide bonds. The Balaban J connectivity index is 1.29. The molecule has 0 spiro atoms. The fourth-order valence-electron chi connectivity index (χ4n) is 4.71. The second-order valence-electron chi connectivity index (χ2n) is 8.96. The van der Waals surface area contributed by atoms with Crippen LogP contribution in [0.2, 0.25) is 0 Å². The monoisotopic (exact) mass is 414 g/mol. The van der Waals surface area contributed by atoms with Crippen LogP contribution >= 0.6 is 0 Å². The first-order valence-electron chi connectivity index (χ1n) is 11.6. The van der Waals surface area contributed by atoms with Gasteiger partial charge in [-0.3, -0.25) is 9.59 Å². The first-order chi connectivity index (χ1) is 14.7. The summed E-state index contributed by atoms with van der Waals surface area (Å²) in [5.41, 5.74) is 0.697. The van der Waals surface area contributed by atoms with E-state index in [1.165, 1.54) is 0 Å². The van der Waals surface area contributed by atoms with E-state index in [1.807, 2.05) is 34.1 Å². The highest BCUT2D eigenvalue weighted by Gasteiger charge is 2.35. The molecule has 1 aromatic rings. The molecule has 1 N–H and O–H groups in total. The molecule has 164 valence electrons. The normalized spacial score (nSPS) is 22.8. The molecule has 0 radical (unpaired) electrons. The van der Waals surface area contributed by atoms with E-state index in [0.29, 0.717) is 11.5 Å². The molecule has 2 heterocycles. The number of aliphatic hydroxyl groups is 1. The van der Waals surface area contributed by atoms with E-state index in [2.05, 4.69) is 0 Å². The Labute approximate surface area is 179 Å². The number of benzene rings is 1. The van der Waals surface area contributed by atoms with Crippen LogP contribution < -0.4 is 4.74 Å². The van der Waals surface area contributed by atoms with E-state index >= 15 is 0 Å². The minimum atomic E-state index is 0.0797. The number of rotatable bonds is 7. The Morgan fingerprint density at radius 2 is 1.70 bits per heavy atom. The van der Waals surface area contributed by atoms with Gasteiger partial charge >= 0.3 is 0 Å². The highest BCUT2D eigenvalue weighted by Crippen LogP contribution is 2.32. The number of likely N-dealkylation sites (tertiary alicyclic amines) is 2. The Kier molecular flexibility index (Phi) is 6.93. The van der Waals surface area contributed by atoms with Crippen molar-refractivity contribution in [3.63, 3.8) is 0 Å². The second kappa shape index (κ2) is 9.82. The molecule has 0 aromatic heterocycles. The lowest BCUT2D eigenvalue weighted by atomic mass is 9.97. The number of carbonyl (C=O) groups is 2. The van der Waals surface area contributed by atoms with Gasteiger partial charge in [0.2, 0.25) is 5.91 Å². The average Bonchev–Trinajstić information content (AvgIpc) is 3.63. The van der Waals surface area contributed by atoms with Gasteiger partial charge in [-0.15, -0.1) is 0 Å². The molecule has 3 aliphatic rings. The highest BCUT2D eigenvalue weighted by atomic mass is 16.5. The van der Waals surface area contributed by atoms with Gasteiger partial charge in [-0.2, -0.15) is 0 Å². The standard InChI is InChI=1S/C24H34N2O4/c27-17-3-5-20-4-1-2-14-26(20)24(29)19-8-10-21(11-9-19)30-22-12-15-25(16-13-22)23(28)18-6-7-18/h8-11,18,20,22,27H,1-7,12-17H2. The van der Waals surface area contributed by atoms with Crippen LogP contribution in [0.4, 0.5) is 0 Å². The van der Waals surface area contributed by atoms with Gasteiger partial charge in [0.25, 0.3) is 5.91 Å². The average molecular weight is 415 g/mol. The van der Waals surface area contributed by atoms with Crippen LogP contribution in [0.5, 0.6) is 5.75 Å². The van der Waals surface area contributed by atoms with Crippen LogP contribution in [0.25, 0.3) is 0 Å². The Hall–Kier alpha value is -2.08. The van der Waals surface area contributed by atoms with Crippen LogP contribution in [0.15, 0.2) is 24.3 Å². The van der Waals surface area contributed by atoms with Crippen molar-refractivity contribution in [2.75, 3.05) is 26.2 Å². The lowest BCUT2D eigenvalue weighted by Gasteiger charge is -2.36. The summed E-state index contributed by atoms with van der Waals surface area (Å²) in [7, 11) is 0. The van der Waals surface area contributed by atoms with Crippen molar-refractivity contribution in [1.29, 1.82) is 0 Å². The number of nitrogens with zero attached hydrogens (tertiary/aromatic N) is 2. The maximum Gasteiger partial charge on any atom is 0.254 e. The topological polar surface area (TPSA) is 70.1 Å². The highest BCUT2D eigenvalue weighted by molar-refractivity contribution is 5.94. The van der Waals surface area contributed by atoms with E-state index in [1.54, 1.807) is 0 Å². The molecule has 3 fully saturated rings. The van der Waals surface area contributed by atoms with Crippen molar-refractivity contribution in [3.05, 3.63) is 29.8 Å². The summed E-state index contributed by atoms with van der Waals surface area (Å²) in [6, 6.07) is 7.74. The van der Waals surface area contributed by atoms with Gasteiger partial charge in [0.1, 0.15) is 11.9 Å². The van der Waals surface area contributed by atoms with Crippen LogP contribution in [-0.2, 0) is 4.79 Å². The Morgan fingerprint density at radius 3 is 2.37 bits per heavy atom. The molecule has 6 heteroatoms. The third-order valence-corrected chi connectivity index (χ3v) is 6.67. The number of piperidine rings is 2. The van der Waals surface area contributed by atoms with Gasteiger partial charge in [-0.25, -0.2) is 0 Å². The molecule has 30 heavy (non-hydrogen) atoms. The maximum absolute atomic E-state index is 13.0. The number of aliphatic hydroxyl groups excluding tert-OH is 1. The predicted octanol–water partition coefficient (Wildman–Crippen LogP) is 3.23. The summed E-state index contributed by atoms with van der Waals surface area (Å²) in [6.45, 7) is 2.53. The van der Waals surface area contributed by atoms with Gasteiger partial charge < -0.3 is 19.6 Å². The zero-order valence-electron chi connectivity index (χ0n) is 17.8. The lowest BCUT2D eigenvalue weighted by molar-refractivity contribution is -0.134. The van der Waals surface area contributed by atoms with Crippen molar-refractivity contribution in [2.24, 2.45) is 5.92 Å². The maximum atomic E-state index is 13.0. The fraction of sp³-hybridized carbons (Fsp3) is 0.667. The molecular formula is C24H34N2O4. The third kappa shape index (κ3) is 5.15. The number of hydrogen-bond acceptors (Lipinski definition) is 4. The second-order valence-corrected chi connectivity index (χ2v) is 8.96. The lowest BCUT2D eigenvalue weighted by Crippen LogP contribution is -2.43. The van der Waals surface area contributed by atoms with Crippen molar-refractivity contribution >= 4 is 11.8 Å². The van der Waals surface area contributed by atoms with Crippen LogP contribution in [0.1, 0.15) is 68.1 Å². The van der Waals surface area contributed by atoms with E-state index in [9.17, 15) is 9.59 Å². The molecule has 4 rings (SSSR count). The minimum Gasteiger partial charge on any atom is -0.490 e. The predicted molar refractivity (Wildman–Crippen MR) is 114 cm³/mol. The minimum absolute atomic E-state index is 0.0797. The zero-order valence-corrected chi connectivity index (χ0v) is 17.8. The molecule has 2 aliphatic heterocycles. The molecule has 2 saturated heterocycles. The van der Waals surface area contributed by atoms with E-state index < -0.39 is 0 Å². The summed E-state index contributed by atoms with van der Waals surface area (Å²) in [5, 5.41) is 9.14. The third-order valence-electron chi connectivity index (χ3n) is 6.67. The molecule has 1 aromatic carbocycles. The van der Waals surface area contributed by atoms with Crippen molar-refractivity contribution < 1.29 is 19.4 Å². The summed E-state index contributed by atoms with van der Waals surface area (Å²) in [4.78, 5) is 29.2. The smallest absolute Gasteiger partial charge is 0.254 e. The summed E-state index contributed by atoms with van der Waals surface area (Å²) < 4.78 is 6.12. The van der Waals surface area contributed by atoms with Gasteiger partial charge in [0.15, 0.2) is 0 Å². The zero-order chi connectivity index (χ0) is 20.9. The summed E-state index contributed by atoms with van der Waals surface area (Å²) in [6.07, 6.45) is 8.79. The summed E-state index contributed by atoms with van der Waals surface area (Å²) in [5.74, 6) is 1.48. The Bertz CT molecular complexity index is 723. The number of hydrogen-bond donors (Lipinski definition) is 1. The quantitative estimate of drug-likeness (QED) is 0.744. The largest absolute Gasteiger partial charge is 0.490 e. The number of carbonyl (C=O) groups excluding carboxylic acids is 2. The SMILES string of the molecule is O=C(C1CC1)N1CCC(Oc2ccc(C(=O)N3CCCCC3CCCO)cc2)CC1. The van der Waals surface area contributed by atoms with Gasteiger partial charge in [0.05, 0.1) is 0 Å². The molecule has 1 aliphatic carbocycles. The van der Waals surface area contributed by atoms with Crippen molar-refractivity contribution in [2.45, 2.75) is 69.9 Å². The van der Waals surface area contributed by atoms with E-state index in [0.717, 1.165) is 83.2 Å². The van der Waals surface area contributed by atoms with E-state index in [-0.39, 0.29) is 30.6 Å². The van der Waals surface area contributed by atoms with Crippen molar-refractivity contribution in [1.82, 2.24) is 9.80 Å². The number of ether oxygens (including phenoxy) is 1. The first-order valence-corrected chi connectivity index (χ1v) is 11.6. The number of amides is 2. The molecule has 0 bridgehead atoms. The van der Waals surface area contributed by atoms with Gasteiger partial charge in [-0.1, -0.05) is 0 Å². The molecule has 1 atom stereocenters. The van der Waals surface area contributed by atoms with Gasteiger partial charge in [0, 0.05) is 56.6 Å². The molecule has 6 nitrogen and oxygen atoms in total.